The molecule has 0 heterocycles. The van der Waals surface area contributed by atoms with Crippen molar-refractivity contribution in [2.45, 2.75) is 71.6 Å². The lowest BCUT2D eigenvalue weighted by Crippen LogP contribution is -2.26. The average Bonchev–Trinajstić information content (AvgIpc) is 2.91. The molecule has 2 aromatic carbocycles. The number of nitrogens with one attached hydrogen (secondary N) is 2. The summed E-state index contributed by atoms with van der Waals surface area (Å²) in [6.07, 6.45) is 12.9. The lowest BCUT2D eigenvalue weighted by atomic mass is 10.1. The molecule has 0 aliphatic heterocycles. The van der Waals surface area contributed by atoms with Gasteiger partial charge in [-0.15, -0.1) is 0 Å². The number of unbranched alkanes of at least 4 members (excludes halogenated alkanes) is 7. The lowest BCUT2D eigenvalue weighted by molar-refractivity contribution is 0.0954. The van der Waals surface area contributed by atoms with Gasteiger partial charge >= 0.3 is 0 Å². The molecule has 0 bridgehead atoms. The number of carbonyl (C=O) groups excluding carboxylic acids is 2. The predicted molar refractivity (Wildman–Crippen MR) is 155 cm³/mol. The maximum atomic E-state index is 13.0. The Morgan fingerprint density at radius 2 is 1.43 bits per heavy atom. The molecule has 0 aromatic heterocycles. The Bertz CT molecular complexity index is 934. The van der Waals surface area contributed by atoms with E-state index >= 15 is 0 Å². The van der Waals surface area contributed by atoms with Crippen LogP contribution >= 0.6 is 11.8 Å². The van der Waals surface area contributed by atoms with Crippen LogP contribution in [0.25, 0.3) is 0 Å². The fourth-order valence-electron chi connectivity index (χ4n) is 3.80. The highest BCUT2D eigenvalue weighted by molar-refractivity contribution is 7.98. The first-order chi connectivity index (χ1) is 18.1. The van der Waals surface area contributed by atoms with Crippen molar-refractivity contribution in [2.24, 2.45) is 0 Å². The van der Waals surface area contributed by atoms with E-state index in [0.717, 1.165) is 24.3 Å². The van der Waals surface area contributed by atoms with Crippen molar-refractivity contribution in [2.75, 3.05) is 37.1 Å². The number of amides is 2. The Kier molecular flexibility index (Phi) is 15.3. The van der Waals surface area contributed by atoms with Gasteiger partial charge in [0.05, 0.1) is 18.9 Å². The van der Waals surface area contributed by atoms with Crippen LogP contribution in [0.15, 0.2) is 42.5 Å². The summed E-state index contributed by atoms with van der Waals surface area (Å²) in [5, 5.41) is 5.81. The third-order valence-electron chi connectivity index (χ3n) is 5.93. The molecule has 0 spiro atoms. The van der Waals surface area contributed by atoms with Crippen LogP contribution in [0.3, 0.4) is 0 Å². The van der Waals surface area contributed by atoms with Gasteiger partial charge in [0.15, 0.2) is 0 Å². The molecule has 2 aromatic rings. The quantitative estimate of drug-likeness (QED) is 0.187. The molecular weight excluding hydrogens is 484 g/mol. The minimum absolute atomic E-state index is 0.176. The van der Waals surface area contributed by atoms with Crippen LogP contribution in [0.4, 0.5) is 5.69 Å². The van der Waals surface area contributed by atoms with Gasteiger partial charge in [-0.25, -0.2) is 0 Å². The van der Waals surface area contributed by atoms with Crippen LogP contribution < -0.4 is 20.1 Å². The molecule has 204 valence electrons. The van der Waals surface area contributed by atoms with E-state index in [9.17, 15) is 9.59 Å². The highest BCUT2D eigenvalue weighted by Gasteiger charge is 2.14. The summed E-state index contributed by atoms with van der Waals surface area (Å²) in [5.74, 6) is 1.70. The second kappa shape index (κ2) is 18.6. The summed E-state index contributed by atoms with van der Waals surface area (Å²) < 4.78 is 11.7. The van der Waals surface area contributed by atoms with E-state index in [1.807, 2.05) is 25.3 Å². The molecular formula is C30H44N2O4S. The van der Waals surface area contributed by atoms with Gasteiger partial charge in [-0.3, -0.25) is 9.59 Å². The molecule has 0 saturated carbocycles. The normalized spacial score (nSPS) is 10.7. The number of hydrogen-bond acceptors (Lipinski definition) is 5. The molecule has 0 atom stereocenters. The molecule has 0 fully saturated rings. The van der Waals surface area contributed by atoms with E-state index in [4.69, 9.17) is 9.47 Å². The van der Waals surface area contributed by atoms with Crippen LogP contribution in [0.5, 0.6) is 11.5 Å². The highest BCUT2D eigenvalue weighted by atomic mass is 32.2. The Labute approximate surface area is 227 Å². The van der Waals surface area contributed by atoms with Gasteiger partial charge in [-0.1, -0.05) is 58.8 Å². The molecule has 37 heavy (non-hydrogen) atoms. The molecule has 0 radical (unpaired) electrons. The number of carbonyl (C=O) groups is 2. The first kappa shape index (κ1) is 30.6. The predicted octanol–water partition coefficient (Wildman–Crippen LogP) is 7.34. The van der Waals surface area contributed by atoms with Crippen LogP contribution in [0, 0.1) is 0 Å². The van der Waals surface area contributed by atoms with Crippen LogP contribution in [0.2, 0.25) is 0 Å². The third-order valence-corrected chi connectivity index (χ3v) is 6.54. The molecule has 6 nitrogen and oxygen atoms in total. The Morgan fingerprint density at radius 3 is 2.11 bits per heavy atom. The molecule has 7 heteroatoms. The molecule has 0 aliphatic rings. The standard InChI is InChI=1S/C30H44N2O4S/c1-4-6-7-8-9-10-11-12-21-35-26-16-13-24(14-17-26)30(34)32-27-23-25(29(33)31-19-22-37-3)15-18-28(27)36-20-5-2/h13-18,23H,4-12,19-22H2,1-3H3,(H,31,33)(H,32,34). The zero-order valence-electron chi connectivity index (χ0n) is 22.8. The summed E-state index contributed by atoms with van der Waals surface area (Å²) >= 11 is 1.67. The molecule has 2 amide bonds. The molecule has 0 aliphatic carbocycles. The van der Waals surface area contributed by atoms with Gasteiger partial charge in [0.25, 0.3) is 11.8 Å². The second-order valence-corrected chi connectivity index (χ2v) is 10.1. The van der Waals surface area contributed by atoms with Crippen molar-refractivity contribution >= 4 is 29.3 Å². The second-order valence-electron chi connectivity index (χ2n) is 9.11. The summed E-state index contributed by atoms with van der Waals surface area (Å²) in [6.45, 7) is 6.05. The van der Waals surface area contributed by atoms with E-state index in [0.29, 0.717) is 42.3 Å². The molecule has 2 rings (SSSR count). The van der Waals surface area contributed by atoms with Gasteiger partial charge < -0.3 is 20.1 Å². The smallest absolute Gasteiger partial charge is 0.255 e. The zero-order chi connectivity index (χ0) is 26.7. The lowest BCUT2D eigenvalue weighted by Gasteiger charge is -2.14. The van der Waals surface area contributed by atoms with Crippen molar-refractivity contribution < 1.29 is 19.1 Å². The van der Waals surface area contributed by atoms with Crippen molar-refractivity contribution in [1.29, 1.82) is 0 Å². The summed E-state index contributed by atoms with van der Waals surface area (Å²) in [6, 6.07) is 12.3. The van der Waals surface area contributed by atoms with E-state index in [-0.39, 0.29) is 11.8 Å². The van der Waals surface area contributed by atoms with Gasteiger partial charge in [-0.05, 0) is 61.6 Å². The number of benzene rings is 2. The van der Waals surface area contributed by atoms with E-state index < -0.39 is 0 Å². The van der Waals surface area contributed by atoms with E-state index in [2.05, 4.69) is 17.6 Å². The fourth-order valence-corrected chi connectivity index (χ4v) is 4.10. The first-order valence-electron chi connectivity index (χ1n) is 13.7. The largest absolute Gasteiger partial charge is 0.494 e. The number of hydrogen-bond donors (Lipinski definition) is 2. The van der Waals surface area contributed by atoms with Crippen LogP contribution in [0.1, 0.15) is 92.4 Å². The number of anilines is 1. The van der Waals surface area contributed by atoms with Crippen LogP contribution in [-0.2, 0) is 0 Å². The Balaban J connectivity index is 1.89. The zero-order valence-corrected chi connectivity index (χ0v) is 23.6. The molecule has 0 saturated heterocycles. The topological polar surface area (TPSA) is 76.7 Å². The number of ether oxygens (including phenoxy) is 2. The van der Waals surface area contributed by atoms with Crippen LogP contribution in [-0.4, -0.2) is 43.6 Å². The van der Waals surface area contributed by atoms with Crippen molar-refractivity contribution in [3.63, 3.8) is 0 Å². The Morgan fingerprint density at radius 1 is 0.757 bits per heavy atom. The van der Waals surface area contributed by atoms with E-state index in [1.165, 1.54) is 44.9 Å². The van der Waals surface area contributed by atoms with Crippen molar-refractivity contribution in [3.8, 4) is 11.5 Å². The SMILES string of the molecule is CCCCCCCCCCOc1ccc(C(=O)Nc2cc(C(=O)NCCSC)ccc2OCCC)cc1. The number of rotatable bonds is 19. The molecule has 2 N–H and O–H groups in total. The number of thioether (sulfide) groups is 1. The minimum atomic E-state index is -0.268. The maximum absolute atomic E-state index is 13.0. The van der Waals surface area contributed by atoms with Gasteiger partial charge in [0.1, 0.15) is 11.5 Å². The first-order valence-corrected chi connectivity index (χ1v) is 15.1. The third kappa shape index (κ3) is 11.9. The average molecular weight is 529 g/mol. The Hall–Kier alpha value is -2.67. The maximum Gasteiger partial charge on any atom is 0.255 e. The van der Waals surface area contributed by atoms with Gasteiger partial charge in [0, 0.05) is 23.4 Å². The van der Waals surface area contributed by atoms with Crippen molar-refractivity contribution in [3.05, 3.63) is 53.6 Å². The fraction of sp³-hybridized carbons (Fsp3) is 0.533. The monoisotopic (exact) mass is 528 g/mol. The summed E-state index contributed by atoms with van der Waals surface area (Å²) in [4.78, 5) is 25.5. The highest BCUT2D eigenvalue weighted by Crippen LogP contribution is 2.27. The van der Waals surface area contributed by atoms with E-state index in [1.54, 1.807) is 42.1 Å². The van der Waals surface area contributed by atoms with Gasteiger partial charge in [-0.2, -0.15) is 11.8 Å². The molecule has 0 unspecified atom stereocenters. The summed E-state index contributed by atoms with van der Waals surface area (Å²) in [5.41, 5.74) is 1.46. The van der Waals surface area contributed by atoms with Gasteiger partial charge in [0.2, 0.25) is 0 Å². The van der Waals surface area contributed by atoms with Crippen molar-refractivity contribution in [1.82, 2.24) is 5.32 Å². The minimum Gasteiger partial charge on any atom is -0.494 e. The summed E-state index contributed by atoms with van der Waals surface area (Å²) in [7, 11) is 0.